The van der Waals surface area contributed by atoms with Gasteiger partial charge >= 0.3 is 0 Å². The van der Waals surface area contributed by atoms with Gasteiger partial charge in [0.15, 0.2) is 0 Å². The summed E-state index contributed by atoms with van der Waals surface area (Å²) in [5, 5.41) is 16.0. The van der Waals surface area contributed by atoms with Gasteiger partial charge in [-0.1, -0.05) is 6.07 Å². The highest BCUT2D eigenvalue weighted by Crippen LogP contribution is 2.32. The summed E-state index contributed by atoms with van der Waals surface area (Å²) in [6.07, 6.45) is 7.08. The van der Waals surface area contributed by atoms with Gasteiger partial charge in [0, 0.05) is 61.7 Å². The van der Waals surface area contributed by atoms with Gasteiger partial charge in [-0.2, -0.15) is 10.2 Å². The number of benzene rings is 1. The molecule has 1 saturated heterocycles. The number of piperidine rings is 1. The normalized spacial score (nSPS) is 19.4. The van der Waals surface area contributed by atoms with E-state index in [1.165, 1.54) is 5.57 Å². The number of hydrogen-bond acceptors (Lipinski definition) is 6. The van der Waals surface area contributed by atoms with Crippen LogP contribution in [0.3, 0.4) is 0 Å². The zero-order chi connectivity index (χ0) is 23.5. The molecule has 7 heteroatoms. The summed E-state index contributed by atoms with van der Waals surface area (Å²) in [7, 11) is 2.15. The van der Waals surface area contributed by atoms with Crippen molar-refractivity contribution in [3.05, 3.63) is 76.8 Å². The Morgan fingerprint density at radius 2 is 1.88 bits per heavy atom. The lowest BCUT2D eigenvalue weighted by molar-refractivity contribution is 0.0956. The van der Waals surface area contributed by atoms with Gasteiger partial charge in [-0.3, -0.25) is 9.78 Å². The summed E-state index contributed by atoms with van der Waals surface area (Å²) in [6.45, 7) is 4.55. The van der Waals surface area contributed by atoms with E-state index in [1.807, 2.05) is 36.4 Å². The molecule has 0 saturated carbocycles. The van der Waals surface area contributed by atoms with Crippen molar-refractivity contribution in [1.82, 2.24) is 15.2 Å². The molecular formula is C27H30N6O. The lowest BCUT2D eigenvalue weighted by atomic mass is 9.80. The number of rotatable bonds is 7. The van der Waals surface area contributed by atoms with Crippen LogP contribution in [-0.2, 0) is 0 Å². The van der Waals surface area contributed by atoms with Crippen LogP contribution in [0, 0.1) is 0 Å². The standard InChI is InChI=1S/C27H30N6O/c1-19-14-20(15-19)18-29-26(34)22-4-3-5-23(16-22)30-27(8-12-33(2)13-9-27)25-17-24(31-32-25)21-6-10-28-11-7-21/h3-7,10-11,16,30H,8-9,12-14,17-18H2,1-2H3,(H,29,34). The van der Waals surface area contributed by atoms with Crippen molar-refractivity contribution in [2.75, 3.05) is 32.0 Å². The summed E-state index contributed by atoms with van der Waals surface area (Å²) in [5.41, 5.74) is 10.0. The molecule has 5 rings (SSSR count). The zero-order valence-electron chi connectivity index (χ0n) is 19.8. The third kappa shape index (κ3) is 4.72. The van der Waals surface area contributed by atoms with E-state index >= 15 is 0 Å². The molecular weight excluding hydrogens is 424 g/mol. The molecule has 1 amide bonds. The van der Waals surface area contributed by atoms with Crippen molar-refractivity contribution in [3.63, 3.8) is 0 Å². The van der Waals surface area contributed by atoms with Crippen LogP contribution in [0.15, 0.2) is 75.9 Å². The monoisotopic (exact) mass is 454 g/mol. The maximum absolute atomic E-state index is 12.8. The predicted molar refractivity (Wildman–Crippen MR) is 136 cm³/mol. The van der Waals surface area contributed by atoms with Crippen LogP contribution in [0.2, 0.25) is 0 Å². The number of carbonyl (C=O) groups excluding carboxylic acids is 1. The second-order valence-corrected chi connectivity index (χ2v) is 9.47. The number of nitrogens with one attached hydrogen (secondary N) is 2. The summed E-state index contributed by atoms with van der Waals surface area (Å²) in [6, 6.07) is 11.7. The lowest BCUT2D eigenvalue weighted by Gasteiger charge is -2.42. The summed E-state index contributed by atoms with van der Waals surface area (Å²) >= 11 is 0. The minimum atomic E-state index is -0.293. The number of likely N-dealkylation sites (tertiary alicyclic amines) is 1. The minimum absolute atomic E-state index is 0.0681. The molecule has 2 aromatic rings. The van der Waals surface area contributed by atoms with E-state index < -0.39 is 0 Å². The van der Waals surface area contributed by atoms with E-state index in [9.17, 15) is 4.79 Å². The Bertz CT molecular complexity index is 1210. The molecule has 3 aliphatic rings. The average molecular weight is 455 g/mol. The van der Waals surface area contributed by atoms with E-state index in [0.717, 1.165) is 60.6 Å². The third-order valence-electron chi connectivity index (χ3n) is 6.87. The Kier molecular flexibility index (Phi) is 6.14. The van der Waals surface area contributed by atoms with Crippen LogP contribution >= 0.6 is 0 Å². The van der Waals surface area contributed by atoms with Crippen LogP contribution in [0.1, 0.15) is 48.5 Å². The molecule has 174 valence electrons. The van der Waals surface area contributed by atoms with E-state index in [1.54, 1.807) is 12.4 Å². The van der Waals surface area contributed by atoms with Crippen molar-refractivity contribution in [3.8, 4) is 0 Å². The van der Waals surface area contributed by atoms with Crippen LogP contribution in [0.5, 0.6) is 0 Å². The Hall–Kier alpha value is -3.54. The molecule has 34 heavy (non-hydrogen) atoms. The minimum Gasteiger partial charge on any atom is -0.374 e. The van der Waals surface area contributed by atoms with E-state index in [-0.39, 0.29) is 11.4 Å². The lowest BCUT2D eigenvalue weighted by Crippen LogP contribution is -2.53. The van der Waals surface area contributed by atoms with Gasteiger partial charge in [-0.05, 0) is 68.3 Å². The molecule has 1 aromatic carbocycles. The maximum atomic E-state index is 12.8. The van der Waals surface area contributed by atoms with Crippen molar-refractivity contribution < 1.29 is 4.79 Å². The Balaban J connectivity index is 1.32. The second kappa shape index (κ2) is 9.37. The highest BCUT2D eigenvalue weighted by atomic mass is 16.1. The van der Waals surface area contributed by atoms with Crippen LogP contribution in [-0.4, -0.2) is 59.4 Å². The average Bonchev–Trinajstić information content (AvgIpc) is 3.34. The summed E-state index contributed by atoms with van der Waals surface area (Å²) in [5.74, 6) is -0.0681. The van der Waals surface area contributed by atoms with Gasteiger partial charge in [-0.15, -0.1) is 5.73 Å². The quantitative estimate of drug-likeness (QED) is 0.624. The number of aromatic nitrogens is 1. The number of carbonyl (C=O) groups is 1. The van der Waals surface area contributed by atoms with Crippen LogP contribution in [0.4, 0.5) is 5.69 Å². The predicted octanol–water partition coefficient (Wildman–Crippen LogP) is 3.81. The Morgan fingerprint density at radius 1 is 1.12 bits per heavy atom. The van der Waals surface area contributed by atoms with Crippen LogP contribution < -0.4 is 10.6 Å². The molecule has 0 radical (unpaired) electrons. The first-order valence-electron chi connectivity index (χ1n) is 11.8. The van der Waals surface area contributed by atoms with E-state index in [2.05, 4.69) is 50.4 Å². The van der Waals surface area contributed by atoms with Crippen molar-refractivity contribution >= 4 is 23.0 Å². The molecule has 1 aromatic heterocycles. The molecule has 0 bridgehead atoms. The van der Waals surface area contributed by atoms with Gasteiger partial charge in [0.25, 0.3) is 5.91 Å². The topological polar surface area (TPSA) is 82.0 Å². The molecule has 0 spiro atoms. The van der Waals surface area contributed by atoms with Crippen LogP contribution in [0.25, 0.3) is 0 Å². The number of amides is 1. The van der Waals surface area contributed by atoms with Gasteiger partial charge in [-0.25, -0.2) is 0 Å². The molecule has 2 N–H and O–H groups in total. The fourth-order valence-electron chi connectivity index (χ4n) is 4.82. The molecule has 7 nitrogen and oxygen atoms in total. The van der Waals surface area contributed by atoms with Crippen molar-refractivity contribution in [2.24, 2.45) is 10.2 Å². The Labute approximate surface area is 200 Å². The molecule has 0 unspecified atom stereocenters. The zero-order valence-corrected chi connectivity index (χ0v) is 19.8. The third-order valence-corrected chi connectivity index (χ3v) is 6.87. The first-order chi connectivity index (χ1) is 16.5. The Morgan fingerprint density at radius 3 is 2.62 bits per heavy atom. The number of nitrogens with zero attached hydrogens (tertiary/aromatic N) is 4. The molecule has 3 heterocycles. The molecule has 1 aliphatic carbocycles. The number of anilines is 1. The summed E-state index contributed by atoms with van der Waals surface area (Å²) in [4.78, 5) is 19.2. The fraction of sp³-hybridized carbons (Fsp3) is 0.370. The number of pyridine rings is 1. The van der Waals surface area contributed by atoms with Gasteiger partial charge in [0.1, 0.15) is 0 Å². The summed E-state index contributed by atoms with van der Waals surface area (Å²) < 4.78 is 0. The molecule has 1 fully saturated rings. The van der Waals surface area contributed by atoms with Gasteiger partial charge < -0.3 is 15.5 Å². The molecule has 0 atom stereocenters. The van der Waals surface area contributed by atoms with Crippen molar-refractivity contribution in [2.45, 2.75) is 38.1 Å². The smallest absolute Gasteiger partial charge is 0.251 e. The fourth-order valence-corrected chi connectivity index (χ4v) is 4.82. The van der Waals surface area contributed by atoms with E-state index in [0.29, 0.717) is 18.5 Å². The van der Waals surface area contributed by atoms with Crippen molar-refractivity contribution in [1.29, 1.82) is 0 Å². The SMILES string of the molecule is CC1=C=C(CNC(=O)c2cccc(NC3(C4=NN=C(c5ccncc5)C4)CCN(C)CC3)c2)C1. The second-order valence-electron chi connectivity index (χ2n) is 9.47. The molecule has 2 aliphatic heterocycles. The van der Waals surface area contributed by atoms with E-state index in [4.69, 9.17) is 0 Å². The number of hydrogen-bond donors (Lipinski definition) is 2. The van der Waals surface area contributed by atoms with Gasteiger partial charge in [0.05, 0.1) is 17.0 Å². The van der Waals surface area contributed by atoms with Gasteiger partial charge in [0.2, 0.25) is 0 Å². The first kappa shape index (κ1) is 22.3. The first-order valence-corrected chi connectivity index (χ1v) is 11.8. The highest BCUT2D eigenvalue weighted by Gasteiger charge is 2.40. The highest BCUT2D eigenvalue weighted by molar-refractivity contribution is 6.18. The largest absolute Gasteiger partial charge is 0.374 e. The maximum Gasteiger partial charge on any atom is 0.251 e.